The van der Waals surface area contributed by atoms with Crippen LogP contribution in [-0.4, -0.2) is 177 Å². The van der Waals surface area contributed by atoms with E-state index in [1.165, 1.54) is 91.1 Å². The maximum atomic E-state index is 14.5. The van der Waals surface area contributed by atoms with Crippen LogP contribution >= 0.6 is 22.9 Å². The molecule has 13 rings (SSSR count). The Balaban J connectivity index is 0.000000225. The van der Waals surface area contributed by atoms with Crippen molar-refractivity contribution in [2.45, 2.75) is 66.6 Å². The number of hydrogen-bond acceptors (Lipinski definition) is 21. The van der Waals surface area contributed by atoms with Gasteiger partial charge in [0.05, 0.1) is 36.9 Å². The number of amides is 3. The highest BCUT2D eigenvalue weighted by molar-refractivity contribution is 7.93. The molecule has 34 heteroatoms. The number of rotatable bonds is 20. The van der Waals surface area contributed by atoms with E-state index in [9.17, 15) is 48.4 Å². The van der Waals surface area contributed by atoms with E-state index < -0.39 is 54.1 Å². The summed E-state index contributed by atoms with van der Waals surface area (Å²) in [4.78, 5) is 70.4. The van der Waals surface area contributed by atoms with E-state index in [4.69, 9.17) is 21.6 Å². The summed E-state index contributed by atoms with van der Waals surface area (Å²) in [5.74, 6) is -0.240. The van der Waals surface area contributed by atoms with Gasteiger partial charge in [0, 0.05) is 142 Å². The molecule has 0 radical (unpaired) electrons. The van der Waals surface area contributed by atoms with Crippen molar-refractivity contribution in [3.63, 3.8) is 0 Å². The molecular weight excluding hydrogens is 1460 g/mol. The van der Waals surface area contributed by atoms with Crippen LogP contribution in [0.5, 0.6) is 5.75 Å². The first-order chi connectivity index (χ1) is 50.8. The van der Waals surface area contributed by atoms with Crippen LogP contribution in [0.25, 0.3) is 10.9 Å². The Kier molecular flexibility index (Phi) is 24.3. The molecule has 0 spiro atoms. The average Bonchev–Trinajstić information content (AvgIpc) is 1.52. The fraction of sp³-hybridized carbons (Fsp3) is 0.264. The molecule has 27 nitrogen and oxygen atoms in total. The zero-order chi connectivity index (χ0) is 75.3. The second kappa shape index (κ2) is 33.8. The zero-order valence-electron chi connectivity index (χ0n) is 57.7. The van der Waals surface area contributed by atoms with Crippen LogP contribution in [0.1, 0.15) is 45.0 Å². The molecule has 3 aliphatic heterocycles. The predicted octanol–water partition coefficient (Wildman–Crippen LogP) is 10.8. The molecule has 3 saturated heterocycles. The van der Waals surface area contributed by atoms with Crippen molar-refractivity contribution in [2.75, 3.05) is 106 Å². The monoisotopic (exact) mass is 1550 g/mol. The fourth-order valence-electron chi connectivity index (χ4n) is 12.1. The van der Waals surface area contributed by atoms with Gasteiger partial charge in [-0.15, -0.1) is 11.3 Å². The molecule has 4 unspecified atom stereocenters. The Labute approximate surface area is 627 Å². The maximum Gasteiger partial charge on any atom is 0.263 e. The van der Waals surface area contributed by atoms with E-state index >= 15 is 0 Å². The van der Waals surface area contributed by atoms with Crippen molar-refractivity contribution >= 4 is 121 Å². The molecule has 3 fully saturated rings. The zero-order valence-corrected chi connectivity index (χ0v) is 61.7. The maximum absolute atomic E-state index is 14.5. The Morgan fingerprint density at radius 2 is 1.12 bits per heavy atom. The summed E-state index contributed by atoms with van der Waals surface area (Å²) in [6.07, 6.45) is 8.06. The lowest BCUT2D eigenvalue weighted by Gasteiger charge is -2.42. The minimum atomic E-state index is -3.77. The number of piperazine rings is 3. The molecule has 3 aliphatic rings. The molecule has 0 saturated carbocycles. The van der Waals surface area contributed by atoms with Crippen LogP contribution in [0.15, 0.2) is 209 Å². The first-order valence-corrected chi connectivity index (χ1v) is 39.1. The summed E-state index contributed by atoms with van der Waals surface area (Å²) in [6, 6.07) is 41.4. The molecule has 0 aliphatic carbocycles. The van der Waals surface area contributed by atoms with Gasteiger partial charge in [-0.05, 0) is 161 Å². The molecular formula is C72H82ClF2N17O10S4. The lowest BCUT2D eigenvalue weighted by molar-refractivity contribution is -0.138. The van der Waals surface area contributed by atoms with E-state index in [1.807, 2.05) is 24.0 Å². The average molecular weight is 1550 g/mol. The number of sulfonamides is 3. The van der Waals surface area contributed by atoms with Gasteiger partial charge in [0.15, 0.2) is 11.2 Å². The van der Waals surface area contributed by atoms with Crippen LogP contribution in [-0.2, 0) is 44.5 Å². The topological polar surface area (TPSA) is 324 Å². The van der Waals surface area contributed by atoms with E-state index in [-0.39, 0.29) is 66.6 Å². The summed E-state index contributed by atoms with van der Waals surface area (Å²) in [5, 5.41) is 14.9. The molecule has 6 aromatic carbocycles. The third-order valence-corrected chi connectivity index (χ3v) is 22.9. The molecule has 4 aromatic heterocycles. The smallest absolute Gasteiger partial charge is 0.263 e. The number of thiazole rings is 1. The molecule has 7 heterocycles. The number of carbonyl (C=O) groups excluding carboxylic acids is 3. The third kappa shape index (κ3) is 18.9. The quantitative estimate of drug-likeness (QED) is 0.0551. The van der Waals surface area contributed by atoms with Crippen LogP contribution in [0.3, 0.4) is 0 Å². The summed E-state index contributed by atoms with van der Waals surface area (Å²) in [6.45, 7) is 13.4. The second-order valence-electron chi connectivity index (χ2n) is 24.7. The highest BCUT2D eigenvalue weighted by atomic mass is 35.5. The summed E-state index contributed by atoms with van der Waals surface area (Å²) in [5.41, 5.74) is 4.10. The normalized spacial score (nSPS) is 15.7. The molecule has 106 heavy (non-hydrogen) atoms. The van der Waals surface area contributed by atoms with Crippen molar-refractivity contribution in [3.05, 3.63) is 217 Å². The second-order valence-corrected chi connectivity index (χ2v) is 31.1. The number of nitrogens with one attached hydrogen (secondary N) is 4. The lowest BCUT2D eigenvalue weighted by atomic mass is 10.1. The minimum absolute atomic E-state index is 0. The number of ether oxygens (including phenoxy) is 1. The Morgan fingerprint density at radius 1 is 0.594 bits per heavy atom. The van der Waals surface area contributed by atoms with Crippen molar-refractivity contribution in [2.24, 2.45) is 0 Å². The number of nitrogens with zero attached hydrogens (tertiary/aromatic N) is 13. The molecule has 560 valence electrons. The molecule has 10 aromatic rings. The molecule has 0 bridgehead atoms. The summed E-state index contributed by atoms with van der Waals surface area (Å²) in [7, 11) is -11.2. The number of halogens is 3. The minimum Gasteiger partial charge on any atom is -0.481 e. The van der Waals surface area contributed by atoms with Gasteiger partial charge >= 0.3 is 0 Å². The van der Waals surface area contributed by atoms with Crippen molar-refractivity contribution in [1.29, 1.82) is 5.26 Å². The van der Waals surface area contributed by atoms with Crippen LogP contribution in [0, 0.1) is 23.0 Å². The Hall–Kier alpha value is -11.1. The van der Waals surface area contributed by atoms with Crippen LogP contribution in [0.4, 0.5) is 48.3 Å². The van der Waals surface area contributed by atoms with Crippen molar-refractivity contribution < 1.29 is 58.9 Å². The fourth-order valence-corrected chi connectivity index (χ4v) is 16.1. The number of aromatic nitrogens is 6. The van der Waals surface area contributed by atoms with E-state index in [0.717, 1.165) is 22.4 Å². The molecule has 3 amide bonds. The number of benzene rings is 6. The Bertz CT molecular complexity index is 5130. The largest absolute Gasteiger partial charge is 0.481 e. The molecule has 4 N–H and O–H groups in total. The molecule has 4 atom stereocenters. The van der Waals surface area contributed by atoms with Gasteiger partial charge in [-0.2, -0.15) is 5.26 Å². The van der Waals surface area contributed by atoms with E-state index in [2.05, 4.69) is 65.2 Å². The highest BCUT2D eigenvalue weighted by Crippen LogP contribution is 2.30. The van der Waals surface area contributed by atoms with Gasteiger partial charge in [0.1, 0.15) is 53.8 Å². The van der Waals surface area contributed by atoms with Crippen LogP contribution in [0.2, 0.25) is 5.02 Å². The van der Waals surface area contributed by atoms with E-state index in [1.54, 1.807) is 138 Å². The van der Waals surface area contributed by atoms with Crippen molar-refractivity contribution in [1.82, 2.24) is 44.2 Å². The number of hydrogen-bond donors (Lipinski definition) is 4. The number of anilines is 7. The number of carbonyl (C=O) groups is 3. The number of nitriles is 1. The standard InChI is InChI=1S/C25H26FN5O3S2.C24H24N6O4S.C23H24ClFN6O3S.4H2/c1-17-16-29(20-6-8-21(9-7-20)36(33,34)28-25-27-11-15-35-25)13-14-30(17)24(32)18(2)31-12-10-19-4-3-5-22(26)23(19)31;1-18(34-21-4-2-3-19(15-21)16-25)24(31)30-13-11-29(12-14-30)20-5-7-22(8-6-20)35(32,33)28-23-9-10-26-17-27-23;1-16(28-17-2-7-21(25)20(24)14-17)23(32)31-12-10-30(11-13-31)18-3-5-19(6-4-18)35(33,34)29-22-8-9-26-15-27-22;;;;/h3-12,15,17-18H,13-14,16H2,1-2H3,(H,27,28);2-10,15,17-18H,11-14H2,1H3,(H,26,27,28);2-9,14-16,28H,10-13H2,1H3,(H,26,27,29);4*1H. The van der Waals surface area contributed by atoms with Gasteiger partial charge in [0.2, 0.25) is 11.8 Å². The summed E-state index contributed by atoms with van der Waals surface area (Å²) < 4.78 is 118. The van der Waals surface area contributed by atoms with E-state index in [0.29, 0.717) is 99.6 Å². The van der Waals surface area contributed by atoms with Gasteiger partial charge in [-0.3, -0.25) is 28.5 Å². The van der Waals surface area contributed by atoms with Gasteiger partial charge in [-0.25, -0.2) is 59.0 Å². The predicted molar refractivity (Wildman–Crippen MR) is 410 cm³/mol. The highest BCUT2D eigenvalue weighted by Gasteiger charge is 2.33. The first-order valence-electron chi connectivity index (χ1n) is 33.4. The summed E-state index contributed by atoms with van der Waals surface area (Å²) >= 11 is 7.03. The third-order valence-electron chi connectivity index (χ3n) is 17.7. The first kappa shape index (κ1) is 76.1. The van der Waals surface area contributed by atoms with Gasteiger partial charge < -0.3 is 44.0 Å². The number of fused-ring (bicyclic) bond motifs is 1. The Morgan fingerprint density at radius 3 is 1.63 bits per heavy atom. The van der Waals surface area contributed by atoms with Gasteiger partial charge in [-0.1, -0.05) is 29.8 Å². The van der Waals surface area contributed by atoms with Crippen molar-refractivity contribution in [3.8, 4) is 11.8 Å². The number of para-hydroxylation sites is 1. The lowest BCUT2D eigenvalue weighted by Crippen LogP contribution is -2.55. The van der Waals surface area contributed by atoms with Gasteiger partial charge in [0.25, 0.3) is 36.0 Å². The SMILES string of the molecule is CC(Nc1ccc(F)c(Cl)c1)C(=O)N1CCN(c2ccc(S(=O)(=O)Nc3ccncn3)cc2)CC1.CC(Oc1cccc(C#N)c1)C(=O)N1CCN(c2ccc(S(=O)(=O)Nc3ccncn3)cc2)CC1.CC1CN(c2ccc(S(=O)(=O)Nc3nccs3)cc2)CCN1C(=O)C(C)n1ccc2cccc(F)c21.[HH].[HH].[HH].[HH]. The van der Waals surface area contributed by atoms with Crippen LogP contribution < -0.4 is 38.9 Å².